The van der Waals surface area contributed by atoms with Crippen LogP contribution in [0.3, 0.4) is 0 Å². The Hall–Kier alpha value is -1.31. The minimum atomic E-state index is 0.321. The van der Waals surface area contributed by atoms with Gasteiger partial charge in [-0.2, -0.15) is 5.26 Å². The Kier molecular flexibility index (Phi) is 3.89. The molecule has 3 nitrogen and oxygen atoms in total. The van der Waals surface area contributed by atoms with Gasteiger partial charge in [-0.3, -0.25) is 0 Å². The van der Waals surface area contributed by atoms with Crippen LogP contribution in [0.5, 0.6) is 5.75 Å². The number of benzene rings is 1. The summed E-state index contributed by atoms with van der Waals surface area (Å²) < 4.78 is 5.32. The summed E-state index contributed by atoms with van der Waals surface area (Å²) >= 11 is 10.8. The molecule has 15 heavy (non-hydrogen) atoms. The zero-order chi connectivity index (χ0) is 11.4. The molecule has 0 bridgehead atoms. The molecule has 0 heterocycles. The van der Waals surface area contributed by atoms with Gasteiger partial charge in [0, 0.05) is 19.1 Å². The molecule has 0 aromatic heterocycles. The number of hydrogen-bond acceptors (Lipinski definition) is 3. The second-order valence-electron chi connectivity index (χ2n) is 3.05. The highest BCUT2D eigenvalue weighted by atomic mass is 35.5. The van der Waals surface area contributed by atoms with E-state index in [1.807, 2.05) is 6.07 Å². The smallest absolute Gasteiger partial charge is 0.264 e. The van der Waals surface area contributed by atoms with Crippen molar-refractivity contribution in [2.24, 2.45) is 0 Å². The Labute approximate surface area is 98.8 Å². The average Bonchev–Trinajstić information content (AvgIpc) is 2.16. The molecule has 0 saturated carbocycles. The zero-order valence-electron chi connectivity index (χ0n) is 8.32. The molecule has 0 unspecified atom stereocenters. The van der Waals surface area contributed by atoms with Gasteiger partial charge in [0.1, 0.15) is 5.75 Å². The lowest BCUT2D eigenvalue weighted by Crippen LogP contribution is -2.24. The summed E-state index contributed by atoms with van der Waals surface area (Å²) in [5.74, 6) is 0.470. The Morgan fingerprint density at radius 2 is 2.13 bits per heavy atom. The van der Waals surface area contributed by atoms with Crippen LogP contribution in [-0.4, -0.2) is 24.2 Å². The molecule has 0 aliphatic carbocycles. The van der Waals surface area contributed by atoms with E-state index in [4.69, 9.17) is 33.8 Å². The van der Waals surface area contributed by atoms with Crippen LogP contribution in [0.25, 0.3) is 0 Å². The molecule has 0 spiro atoms. The summed E-state index contributed by atoms with van der Waals surface area (Å²) in [5, 5.41) is 9.49. The van der Waals surface area contributed by atoms with Crippen LogP contribution >= 0.6 is 23.8 Å². The maximum atomic E-state index is 8.72. The maximum Gasteiger partial charge on any atom is 0.264 e. The molecule has 0 radical (unpaired) electrons. The number of nitriles is 1. The lowest BCUT2D eigenvalue weighted by molar-refractivity contribution is 0.449. The summed E-state index contributed by atoms with van der Waals surface area (Å²) in [6.45, 7) is 0. The molecule has 0 aliphatic rings. The Morgan fingerprint density at radius 3 is 2.67 bits per heavy atom. The molecule has 5 heteroatoms. The molecule has 1 rings (SSSR count). The van der Waals surface area contributed by atoms with Gasteiger partial charge < -0.3 is 9.64 Å². The van der Waals surface area contributed by atoms with Gasteiger partial charge in [0.15, 0.2) is 0 Å². The van der Waals surface area contributed by atoms with E-state index in [1.165, 1.54) is 0 Å². The molecule has 0 aliphatic heterocycles. The van der Waals surface area contributed by atoms with Crippen LogP contribution in [0.15, 0.2) is 18.2 Å². The third-order valence-electron chi connectivity index (χ3n) is 1.57. The number of thiocarbonyl (C=S) groups is 1. The number of nitrogens with zero attached hydrogens (tertiary/aromatic N) is 2. The first-order chi connectivity index (χ1) is 7.02. The Balaban J connectivity index is 2.92. The SMILES string of the molecule is CN(C)C(=S)Oc1cc(Cl)cc(C#N)c1. The normalized spacial score (nSPS) is 9.20. The predicted molar refractivity (Wildman–Crippen MR) is 63.1 cm³/mol. The molecular formula is C10H9ClN2OS. The van der Waals surface area contributed by atoms with E-state index in [0.29, 0.717) is 21.5 Å². The van der Waals surface area contributed by atoms with Gasteiger partial charge in [0.25, 0.3) is 5.17 Å². The summed E-state index contributed by atoms with van der Waals surface area (Å²) in [5.41, 5.74) is 0.444. The first kappa shape index (κ1) is 11.8. The topological polar surface area (TPSA) is 36.3 Å². The summed E-state index contributed by atoms with van der Waals surface area (Å²) in [7, 11) is 3.55. The molecular weight excluding hydrogens is 232 g/mol. The highest BCUT2D eigenvalue weighted by Gasteiger charge is 2.05. The third kappa shape index (κ3) is 3.39. The Morgan fingerprint density at radius 1 is 1.47 bits per heavy atom. The van der Waals surface area contributed by atoms with Gasteiger partial charge >= 0.3 is 0 Å². The quantitative estimate of drug-likeness (QED) is 0.707. The van der Waals surface area contributed by atoms with Gasteiger partial charge in [0.05, 0.1) is 11.6 Å². The first-order valence-electron chi connectivity index (χ1n) is 4.13. The fraction of sp³-hybridized carbons (Fsp3) is 0.200. The van der Waals surface area contributed by atoms with Crippen molar-refractivity contribution < 1.29 is 4.74 Å². The van der Waals surface area contributed by atoms with Crippen molar-refractivity contribution >= 4 is 29.0 Å². The second-order valence-corrected chi connectivity index (χ2v) is 3.84. The van der Waals surface area contributed by atoms with Crippen LogP contribution in [0.4, 0.5) is 0 Å². The van der Waals surface area contributed by atoms with Crippen molar-refractivity contribution in [2.75, 3.05) is 14.1 Å². The Bertz CT molecular complexity index is 426. The number of ether oxygens (including phenoxy) is 1. The number of halogens is 1. The molecule has 1 aromatic rings. The summed E-state index contributed by atoms with van der Waals surface area (Å²) in [6.07, 6.45) is 0. The van der Waals surface area contributed by atoms with E-state index in [-0.39, 0.29) is 0 Å². The van der Waals surface area contributed by atoms with E-state index in [0.717, 1.165) is 0 Å². The molecule has 0 fully saturated rings. The van der Waals surface area contributed by atoms with Gasteiger partial charge in [-0.1, -0.05) is 11.6 Å². The van der Waals surface area contributed by atoms with Crippen molar-refractivity contribution in [3.05, 3.63) is 28.8 Å². The van der Waals surface area contributed by atoms with Gasteiger partial charge in [-0.25, -0.2) is 0 Å². The van der Waals surface area contributed by atoms with E-state index < -0.39 is 0 Å². The van der Waals surface area contributed by atoms with Crippen LogP contribution < -0.4 is 4.74 Å². The van der Waals surface area contributed by atoms with Gasteiger partial charge in [0.2, 0.25) is 0 Å². The number of rotatable bonds is 1. The van der Waals surface area contributed by atoms with E-state index in [1.54, 1.807) is 37.2 Å². The first-order valence-corrected chi connectivity index (χ1v) is 4.91. The maximum absolute atomic E-state index is 8.72. The van der Waals surface area contributed by atoms with E-state index in [2.05, 4.69) is 0 Å². The van der Waals surface area contributed by atoms with Crippen molar-refractivity contribution in [2.45, 2.75) is 0 Å². The summed E-state index contributed by atoms with van der Waals surface area (Å²) in [6, 6.07) is 6.75. The molecule has 0 atom stereocenters. The molecule has 78 valence electrons. The molecule has 0 N–H and O–H groups in total. The average molecular weight is 241 g/mol. The number of hydrogen-bond donors (Lipinski definition) is 0. The molecule has 0 amide bonds. The van der Waals surface area contributed by atoms with Crippen molar-refractivity contribution in [1.82, 2.24) is 4.90 Å². The largest absolute Gasteiger partial charge is 0.432 e. The van der Waals surface area contributed by atoms with Gasteiger partial charge in [-0.15, -0.1) is 0 Å². The lowest BCUT2D eigenvalue weighted by atomic mass is 10.2. The lowest BCUT2D eigenvalue weighted by Gasteiger charge is -2.14. The highest BCUT2D eigenvalue weighted by Crippen LogP contribution is 2.21. The fourth-order valence-corrected chi connectivity index (χ4v) is 1.20. The minimum Gasteiger partial charge on any atom is -0.432 e. The fourth-order valence-electron chi connectivity index (χ4n) is 0.878. The van der Waals surface area contributed by atoms with Crippen LogP contribution in [0, 0.1) is 11.3 Å². The predicted octanol–water partition coefficient (Wildman–Crippen LogP) is 2.44. The van der Waals surface area contributed by atoms with Crippen molar-refractivity contribution in [3.8, 4) is 11.8 Å². The van der Waals surface area contributed by atoms with Crippen LogP contribution in [0.1, 0.15) is 5.56 Å². The monoisotopic (exact) mass is 240 g/mol. The van der Waals surface area contributed by atoms with Crippen molar-refractivity contribution in [3.63, 3.8) is 0 Å². The highest BCUT2D eigenvalue weighted by molar-refractivity contribution is 7.80. The zero-order valence-corrected chi connectivity index (χ0v) is 9.89. The molecule has 0 saturated heterocycles. The van der Waals surface area contributed by atoms with Crippen LogP contribution in [-0.2, 0) is 0 Å². The van der Waals surface area contributed by atoms with E-state index in [9.17, 15) is 0 Å². The summed E-state index contributed by atoms with van der Waals surface area (Å²) in [4.78, 5) is 1.66. The third-order valence-corrected chi connectivity index (χ3v) is 2.24. The second kappa shape index (κ2) is 4.96. The minimum absolute atomic E-state index is 0.321. The molecule has 1 aromatic carbocycles. The van der Waals surface area contributed by atoms with Crippen LogP contribution in [0.2, 0.25) is 5.02 Å². The van der Waals surface area contributed by atoms with Gasteiger partial charge in [-0.05, 0) is 30.4 Å². The standard InChI is InChI=1S/C10H9ClN2OS/c1-13(2)10(15)14-9-4-7(6-12)3-8(11)5-9/h3-5H,1-2H3. The van der Waals surface area contributed by atoms with E-state index >= 15 is 0 Å². The van der Waals surface area contributed by atoms with Crippen molar-refractivity contribution in [1.29, 1.82) is 5.26 Å².